The Bertz CT molecular complexity index is 570. The van der Waals surface area contributed by atoms with Crippen LogP contribution in [0.3, 0.4) is 0 Å². The first-order valence-electron chi connectivity index (χ1n) is 5.91. The third kappa shape index (κ3) is 3.46. The molecule has 0 aliphatic heterocycles. The van der Waals surface area contributed by atoms with E-state index in [0.717, 1.165) is 5.56 Å². The van der Waals surface area contributed by atoms with E-state index in [1.165, 1.54) is 19.1 Å². The Kier molecular flexibility index (Phi) is 4.40. The fraction of sp³-hybridized carbons (Fsp3) is 0.200. The number of ether oxygens (including phenoxy) is 1. The van der Waals surface area contributed by atoms with Gasteiger partial charge in [0, 0.05) is 22.2 Å². The molecule has 19 heavy (non-hydrogen) atoms. The van der Waals surface area contributed by atoms with Gasteiger partial charge in [-0.25, -0.2) is 4.39 Å². The van der Waals surface area contributed by atoms with Crippen molar-refractivity contribution in [3.8, 4) is 5.75 Å². The highest BCUT2D eigenvalue weighted by Gasteiger charge is 2.09. The van der Waals surface area contributed by atoms with Gasteiger partial charge >= 0.3 is 0 Å². The van der Waals surface area contributed by atoms with E-state index in [-0.39, 0.29) is 12.2 Å². The van der Waals surface area contributed by atoms with Crippen LogP contribution in [0, 0.1) is 5.82 Å². The highest BCUT2D eigenvalue weighted by molar-refractivity contribution is 6.31. The largest absolute Gasteiger partial charge is 0.489 e. The number of halogens is 2. The van der Waals surface area contributed by atoms with Gasteiger partial charge in [-0.1, -0.05) is 29.8 Å². The Balaban J connectivity index is 2.08. The normalized spacial score (nSPS) is 12.2. The van der Waals surface area contributed by atoms with Crippen LogP contribution < -0.4 is 4.74 Å². The monoisotopic (exact) mass is 280 g/mol. The molecule has 2 aromatic carbocycles. The first kappa shape index (κ1) is 13.8. The van der Waals surface area contributed by atoms with Crippen LogP contribution in [0.15, 0.2) is 42.5 Å². The van der Waals surface area contributed by atoms with E-state index in [1.54, 1.807) is 12.1 Å². The molecular weight excluding hydrogens is 267 g/mol. The summed E-state index contributed by atoms with van der Waals surface area (Å²) in [7, 11) is 0. The SMILES string of the molecule is C[C@@H](O)c1ccc(OCc2ccccc2Cl)cc1F. The molecule has 2 aromatic rings. The second-order valence-electron chi connectivity index (χ2n) is 4.24. The summed E-state index contributed by atoms with van der Waals surface area (Å²) in [6.07, 6.45) is -0.836. The first-order chi connectivity index (χ1) is 9.08. The van der Waals surface area contributed by atoms with Crippen molar-refractivity contribution in [1.29, 1.82) is 0 Å². The first-order valence-corrected chi connectivity index (χ1v) is 6.29. The minimum absolute atomic E-state index is 0.255. The molecule has 0 saturated heterocycles. The van der Waals surface area contributed by atoms with E-state index in [9.17, 15) is 9.50 Å². The van der Waals surface area contributed by atoms with Crippen molar-refractivity contribution < 1.29 is 14.2 Å². The smallest absolute Gasteiger partial charge is 0.132 e. The summed E-state index contributed by atoms with van der Waals surface area (Å²) < 4.78 is 19.1. The van der Waals surface area contributed by atoms with Crippen LogP contribution in [0.25, 0.3) is 0 Å². The zero-order chi connectivity index (χ0) is 13.8. The molecule has 0 aliphatic rings. The number of hydrogen-bond donors (Lipinski definition) is 1. The molecular formula is C15H14ClFO2. The summed E-state index contributed by atoms with van der Waals surface area (Å²) in [5.41, 5.74) is 1.09. The summed E-state index contributed by atoms with van der Waals surface area (Å²) in [6, 6.07) is 11.7. The predicted octanol–water partition coefficient (Wildman–Crippen LogP) is 4.11. The van der Waals surface area contributed by atoms with Gasteiger partial charge in [0.2, 0.25) is 0 Å². The molecule has 0 heterocycles. The average molecular weight is 281 g/mol. The van der Waals surface area contributed by atoms with E-state index in [1.807, 2.05) is 18.2 Å². The van der Waals surface area contributed by atoms with Crippen molar-refractivity contribution in [3.05, 3.63) is 64.4 Å². The molecule has 1 atom stereocenters. The molecule has 0 aromatic heterocycles. The predicted molar refractivity (Wildman–Crippen MR) is 72.8 cm³/mol. The van der Waals surface area contributed by atoms with E-state index >= 15 is 0 Å². The molecule has 0 aliphatic carbocycles. The maximum atomic E-state index is 13.6. The summed E-state index contributed by atoms with van der Waals surface area (Å²) in [6.45, 7) is 1.79. The van der Waals surface area contributed by atoms with Gasteiger partial charge in [0.25, 0.3) is 0 Å². The van der Waals surface area contributed by atoms with Crippen molar-refractivity contribution in [2.24, 2.45) is 0 Å². The lowest BCUT2D eigenvalue weighted by Crippen LogP contribution is -1.99. The van der Waals surface area contributed by atoms with Gasteiger partial charge in [0.15, 0.2) is 0 Å². The van der Waals surface area contributed by atoms with Crippen molar-refractivity contribution in [3.63, 3.8) is 0 Å². The van der Waals surface area contributed by atoms with Crippen molar-refractivity contribution in [1.82, 2.24) is 0 Å². The Morgan fingerprint density at radius 3 is 2.63 bits per heavy atom. The molecule has 0 fully saturated rings. The zero-order valence-corrected chi connectivity index (χ0v) is 11.2. The Labute approximate surface area is 116 Å². The van der Waals surface area contributed by atoms with Crippen molar-refractivity contribution in [2.75, 3.05) is 0 Å². The zero-order valence-electron chi connectivity index (χ0n) is 10.4. The number of aliphatic hydroxyl groups is 1. The molecule has 0 radical (unpaired) electrons. The Hall–Kier alpha value is -1.58. The van der Waals surface area contributed by atoms with E-state index in [4.69, 9.17) is 16.3 Å². The Morgan fingerprint density at radius 2 is 2.00 bits per heavy atom. The second kappa shape index (κ2) is 6.04. The van der Waals surface area contributed by atoms with Crippen molar-refractivity contribution >= 4 is 11.6 Å². The van der Waals surface area contributed by atoms with Crippen LogP contribution in [0.4, 0.5) is 4.39 Å². The highest BCUT2D eigenvalue weighted by atomic mass is 35.5. The maximum absolute atomic E-state index is 13.6. The van der Waals surface area contributed by atoms with Gasteiger partial charge in [-0.05, 0) is 25.1 Å². The fourth-order valence-corrected chi connectivity index (χ4v) is 1.90. The second-order valence-corrected chi connectivity index (χ2v) is 4.65. The lowest BCUT2D eigenvalue weighted by atomic mass is 10.1. The molecule has 0 amide bonds. The summed E-state index contributed by atoms with van der Waals surface area (Å²) in [5.74, 6) is -0.0755. The third-order valence-electron chi connectivity index (χ3n) is 2.77. The molecule has 0 spiro atoms. The summed E-state index contributed by atoms with van der Waals surface area (Å²) >= 11 is 6.00. The number of hydrogen-bond acceptors (Lipinski definition) is 2. The van der Waals surface area contributed by atoms with Crippen LogP contribution in [-0.4, -0.2) is 5.11 Å². The molecule has 100 valence electrons. The number of benzene rings is 2. The van der Waals surface area contributed by atoms with Crippen LogP contribution in [-0.2, 0) is 6.61 Å². The van der Waals surface area contributed by atoms with Gasteiger partial charge in [0.1, 0.15) is 18.2 Å². The molecule has 2 nitrogen and oxygen atoms in total. The molecule has 4 heteroatoms. The molecule has 0 saturated carbocycles. The number of aliphatic hydroxyl groups excluding tert-OH is 1. The van der Waals surface area contributed by atoms with E-state index in [0.29, 0.717) is 10.8 Å². The fourth-order valence-electron chi connectivity index (χ4n) is 1.71. The van der Waals surface area contributed by atoms with Crippen molar-refractivity contribution in [2.45, 2.75) is 19.6 Å². The third-order valence-corrected chi connectivity index (χ3v) is 3.14. The highest BCUT2D eigenvalue weighted by Crippen LogP contribution is 2.23. The maximum Gasteiger partial charge on any atom is 0.132 e. The van der Waals surface area contributed by atoms with Crippen LogP contribution in [0.5, 0.6) is 5.75 Å². The Morgan fingerprint density at radius 1 is 1.26 bits per heavy atom. The van der Waals surface area contributed by atoms with Gasteiger partial charge in [-0.2, -0.15) is 0 Å². The minimum Gasteiger partial charge on any atom is -0.489 e. The average Bonchev–Trinajstić information content (AvgIpc) is 2.37. The van der Waals surface area contributed by atoms with Gasteiger partial charge in [-0.15, -0.1) is 0 Å². The van der Waals surface area contributed by atoms with Gasteiger partial charge in [0.05, 0.1) is 6.10 Å². The number of rotatable bonds is 4. The summed E-state index contributed by atoms with van der Waals surface area (Å²) in [4.78, 5) is 0. The molecule has 0 unspecified atom stereocenters. The quantitative estimate of drug-likeness (QED) is 0.913. The minimum atomic E-state index is -0.836. The lowest BCUT2D eigenvalue weighted by molar-refractivity contribution is 0.194. The van der Waals surface area contributed by atoms with E-state index in [2.05, 4.69) is 0 Å². The topological polar surface area (TPSA) is 29.5 Å². The van der Waals surface area contributed by atoms with Gasteiger partial charge < -0.3 is 9.84 Å². The van der Waals surface area contributed by atoms with Gasteiger partial charge in [-0.3, -0.25) is 0 Å². The van der Waals surface area contributed by atoms with Crippen LogP contribution in [0.2, 0.25) is 5.02 Å². The van der Waals surface area contributed by atoms with E-state index < -0.39 is 11.9 Å². The lowest BCUT2D eigenvalue weighted by Gasteiger charge is -2.10. The standard InChI is InChI=1S/C15H14ClFO2/c1-10(18)13-7-6-12(8-15(13)17)19-9-11-4-2-3-5-14(11)16/h2-8,10,18H,9H2,1H3/t10-/m1/s1. The van der Waals surface area contributed by atoms with Crippen LogP contribution >= 0.6 is 11.6 Å². The van der Waals surface area contributed by atoms with Crippen LogP contribution in [0.1, 0.15) is 24.2 Å². The molecule has 0 bridgehead atoms. The molecule has 1 N–H and O–H groups in total. The molecule has 2 rings (SSSR count). The summed E-state index contributed by atoms with van der Waals surface area (Å²) in [5, 5.41) is 9.96.